The predicted octanol–water partition coefficient (Wildman–Crippen LogP) is 1.00. The molecule has 0 amide bonds. The van der Waals surface area contributed by atoms with Crippen LogP contribution in [0.3, 0.4) is 0 Å². The van der Waals surface area contributed by atoms with Crippen LogP contribution in [0.1, 0.15) is 22.4 Å². The first-order valence-corrected chi connectivity index (χ1v) is 5.79. The molecule has 0 saturated carbocycles. The summed E-state index contributed by atoms with van der Waals surface area (Å²) >= 11 is 1.82. The van der Waals surface area contributed by atoms with Gasteiger partial charge in [-0.2, -0.15) is 11.8 Å². The van der Waals surface area contributed by atoms with Gasteiger partial charge in [0, 0.05) is 11.5 Å². The molecule has 0 aliphatic carbocycles. The number of ether oxygens (including phenoxy) is 2. The minimum atomic E-state index is -0.405. The Morgan fingerprint density at radius 2 is 2.67 bits per heavy atom. The average molecular weight is 228 g/mol. The van der Waals surface area contributed by atoms with Gasteiger partial charge in [-0.3, -0.25) is 0 Å². The van der Waals surface area contributed by atoms with E-state index in [0.717, 1.165) is 18.1 Å². The van der Waals surface area contributed by atoms with E-state index in [0.29, 0.717) is 11.5 Å². The highest BCUT2D eigenvalue weighted by molar-refractivity contribution is 7.99. The summed E-state index contributed by atoms with van der Waals surface area (Å²) in [6.07, 6.45) is 1.44. The molecule has 82 valence electrons. The average Bonchev–Trinajstić information content (AvgIpc) is 2.78. The van der Waals surface area contributed by atoms with Gasteiger partial charge >= 0.3 is 5.97 Å². The van der Waals surface area contributed by atoms with Crippen molar-refractivity contribution in [2.75, 3.05) is 25.2 Å². The van der Waals surface area contributed by atoms with E-state index >= 15 is 0 Å². The van der Waals surface area contributed by atoms with Crippen molar-refractivity contribution in [2.45, 2.75) is 6.10 Å². The van der Waals surface area contributed by atoms with Crippen molar-refractivity contribution < 1.29 is 14.3 Å². The Bertz CT molecular complexity index is 347. The van der Waals surface area contributed by atoms with Gasteiger partial charge in [0.1, 0.15) is 17.6 Å². The van der Waals surface area contributed by atoms with Gasteiger partial charge in [0.2, 0.25) is 0 Å². The van der Waals surface area contributed by atoms with Gasteiger partial charge in [-0.25, -0.2) is 9.78 Å². The Hall–Kier alpha value is -1.01. The molecule has 15 heavy (non-hydrogen) atoms. The minimum absolute atomic E-state index is 0.0397. The lowest BCUT2D eigenvalue weighted by Crippen LogP contribution is -2.17. The number of aromatic amines is 1. The summed E-state index contributed by atoms with van der Waals surface area (Å²) < 4.78 is 10.1. The lowest BCUT2D eigenvalue weighted by atomic mass is 10.4. The zero-order valence-electron chi connectivity index (χ0n) is 8.36. The van der Waals surface area contributed by atoms with E-state index in [9.17, 15) is 4.79 Å². The van der Waals surface area contributed by atoms with Crippen molar-refractivity contribution in [1.29, 1.82) is 0 Å². The number of hydrogen-bond acceptors (Lipinski definition) is 5. The molecule has 1 aromatic heterocycles. The van der Waals surface area contributed by atoms with Crippen LogP contribution in [0.5, 0.6) is 0 Å². The molecule has 0 bridgehead atoms. The number of methoxy groups -OCH3 is 1. The van der Waals surface area contributed by atoms with Crippen LogP contribution in [0.15, 0.2) is 6.20 Å². The molecule has 6 heteroatoms. The van der Waals surface area contributed by atoms with Crippen molar-refractivity contribution in [1.82, 2.24) is 9.97 Å². The van der Waals surface area contributed by atoms with Crippen LogP contribution in [0.4, 0.5) is 0 Å². The van der Waals surface area contributed by atoms with Gasteiger partial charge < -0.3 is 14.5 Å². The third-order valence-corrected chi connectivity index (χ3v) is 3.12. The number of thioether (sulfide) groups is 1. The lowest BCUT2D eigenvalue weighted by molar-refractivity contribution is 0.0590. The number of aromatic nitrogens is 2. The van der Waals surface area contributed by atoms with Crippen molar-refractivity contribution in [2.24, 2.45) is 0 Å². The molecule has 0 radical (unpaired) electrons. The van der Waals surface area contributed by atoms with Crippen molar-refractivity contribution in [3.05, 3.63) is 17.7 Å². The number of H-pyrrole nitrogens is 1. The molecule has 1 aliphatic heterocycles. The summed E-state index contributed by atoms with van der Waals surface area (Å²) in [5, 5.41) is 0. The van der Waals surface area contributed by atoms with E-state index in [4.69, 9.17) is 4.74 Å². The highest BCUT2D eigenvalue weighted by Crippen LogP contribution is 2.24. The van der Waals surface area contributed by atoms with E-state index in [1.165, 1.54) is 13.3 Å². The number of carbonyl (C=O) groups is 1. The first-order chi connectivity index (χ1) is 7.31. The zero-order valence-corrected chi connectivity index (χ0v) is 9.17. The lowest BCUT2D eigenvalue weighted by Gasteiger charge is -2.19. The zero-order chi connectivity index (χ0) is 10.7. The van der Waals surface area contributed by atoms with Crippen molar-refractivity contribution in [3.8, 4) is 0 Å². The van der Waals surface area contributed by atoms with Crippen LogP contribution in [-0.4, -0.2) is 41.2 Å². The highest BCUT2D eigenvalue weighted by atomic mass is 32.2. The van der Waals surface area contributed by atoms with E-state index in [-0.39, 0.29) is 6.10 Å². The molecule has 1 N–H and O–H groups in total. The maximum Gasteiger partial charge on any atom is 0.356 e. The Morgan fingerprint density at radius 1 is 1.80 bits per heavy atom. The number of carbonyl (C=O) groups excluding carboxylic acids is 1. The molecule has 1 saturated heterocycles. The molecule has 1 aliphatic rings. The summed E-state index contributed by atoms with van der Waals surface area (Å²) in [6, 6.07) is 0. The second kappa shape index (κ2) is 4.67. The molecule has 2 heterocycles. The van der Waals surface area contributed by atoms with Crippen LogP contribution in [-0.2, 0) is 9.47 Å². The fourth-order valence-electron chi connectivity index (χ4n) is 1.36. The standard InChI is InChI=1S/C9H12N2O3S/c1-13-9(12)6-4-10-8(11-6)7-5-15-3-2-14-7/h4,7H,2-3,5H2,1H3,(H,10,11). The van der Waals surface area contributed by atoms with Gasteiger partial charge in [0.15, 0.2) is 0 Å². The quantitative estimate of drug-likeness (QED) is 0.765. The predicted molar refractivity (Wildman–Crippen MR) is 55.9 cm³/mol. The number of nitrogens with zero attached hydrogens (tertiary/aromatic N) is 1. The fraction of sp³-hybridized carbons (Fsp3) is 0.556. The number of imidazole rings is 1. The largest absolute Gasteiger partial charge is 0.464 e. The molecular weight excluding hydrogens is 216 g/mol. The second-order valence-corrected chi connectivity index (χ2v) is 4.26. The summed E-state index contributed by atoms with van der Waals surface area (Å²) in [5.74, 6) is 2.18. The van der Waals surface area contributed by atoms with Gasteiger partial charge in [-0.1, -0.05) is 0 Å². The van der Waals surface area contributed by atoms with Crippen LogP contribution >= 0.6 is 11.8 Å². The monoisotopic (exact) mass is 228 g/mol. The molecule has 1 atom stereocenters. The third kappa shape index (κ3) is 2.32. The topological polar surface area (TPSA) is 64.2 Å². The first-order valence-electron chi connectivity index (χ1n) is 4.64. The Labute approximate surface area is 91.6 Å². The van der Waals surface area contributed by atoms with E-state index in [1.54, 1.807) is 0 Å². The molecule has 2 rings (SSSR count). The number of hydrogen-bond donors (Lipinski definition) is 1. The second-order valence-electron chi connectivity index (χ2n) is 3.11. The van der Waals surface area contributed by atoms with Crippen molar-refractivity contribution in [3.63, 3.8) is 0 Å². The molecule has 1 fully saturated rings. The van der Waals surface area contributed by atoms with E-state index in [2.05, 4.69) is 14.7 Å². The summed E-state index contributed by atoms with van der Waals surface area (Å²) in [5.41, 5.74) is 0.367. The van der Waals surface area contributed by atoms with Crippen molar-refractivity contribution >= 4 is 17.7 Å². The van der Waals surface area contributed by atoms with Gasteiger partial charge in [-0.05, 0) is 0 Å². The van der Waals surface area contributed by atoms with Gasteiger partial charge in [0.25, 0.3) is 0 Å². The maximum absolute atomic E-state index is 11.2. The number of esters is 1. The number of nitrogens with one attached hydrogen (secondary N) is 1. The van der Waals surface area contributed by atoms with Gasteiger partial charge in [-0.15, -0.1) is 0 Å². The van der Waals surface area contributed by atoms with E-state index in [1.807, 2.05) is 11.8 Å². The highest BCUT2D eigenvalue weighted by Gasteiger charge is 2.20. The van der Waals surface area contributed by atoms with Crippen LogP contribution < -0.4 is 0 Å². The van der Waals surface area contributed by atoms with Gasteiger partial charge in [0.05, 0.1) is 19.9 Å². The molecule has 0 aromatic carbocycles. The van der Waals surface area contributed by atoms with Crippen LogP contribution in [0, 0.1) is 0 Å². The molecular formula is C9H12N2O3S. The number of rotatable bonds is 2. The Kier molecular flexibility index (Phi) is 3.27. The smallest absolute Gasteiger partial charge is 0.356 e. The SMILES string of the molecule is COC(=O)c1cnc(C2CSCCO2)[nH]1. The molecule has 5 nitrogen and oxygen atoms in total. The summed E-state index contributed by atoms with van der Waals surface area (Å²) in [7, 11) is 1.34. The minimum Gasteiger partial charge on any atom is -0.464 e. The van der Waals surface area contributed by atoms with Crippen LogP contribution in [0.25, 0.3) is 0 Å². The summed E-state index contributed by atoms with van der Waals surface area (Å²) in [4.78, 5) is 18.2. The Morgan fingerprint density at radius 3 is 3.33 bits per heavy atom. The maximum atomic E-state index is 11.2. The fourth-order valence-corrected chi connectivity index (χ4v) is 2.21. The summed E-state index contributed by atoms with van der Waals surface area (Å²) in [6.45, 7) is 0.726. The molecule has 1 aromatic rings. The third-order valence-electron chi connectivity index (χ3n) is 2.12. The van der Waals surface area contributed by atoms with E-state index < -0.39 is 5.97 Å². The molecule has 0 spiro atoms. The first kappa shape index (κ1) is 10.5. The Balaban J connectivity index is 2.08. The van der Waals surface area contributed by atoms with Crippen LogP contribution in [0.2, 0.25) is 0 Å². The normalized spacial score (nSPS) is 21.3. The molecule has 1 unspecified atom stereocenters.